The van der Waals surface area contributed by atoms with Crippen LogP contribution in [0.1, 0.15) is 60.0 Å². The Balaban J connectivity index is 1.76. The SMILES string of the molecule is Cc1c(F)cccc1C1=C(C(=O)NO)[C@H](c2cnc(C3CC3)nc2)CC1. The fraction of sp³-hybridized carbons (Fsp3) is 0.350. The standard InChI is InChI=1S/C20H20FN3O2/c1-11-14(3-2-4-17(11)21)16-8-7-15(18(16)20(25)24-26)13-9-22-19(23-10-13)12-5-6-12/h2-4,9-10,12,15,26H,5-8H2,1H3,(H,24,25)/t15-/m0/s1. The van der Waals surface area contributed by atoms with Crippen molar-refractivity contribution in [1.29, 1.82) is 0 Å². The van der Waals surface area contributed by atoms with Crippen LogP contribution in [-0.4, -0.2) is 21.1 Å². The Morgan fingerprint density at radius 1 is 1.23 bits per heavy atom. The summed E-state index contributed by atoms with van der Waals surface area (Å²) in [6, 6.07) is 4.86. The number of nitrogens with zero attached hydrogens (tertiary/aromatic N) is 2. The molecular weight excluding hydrogens is 333 g/mol. The van der Waals surface area contributed by atoms with Crippen molar-refractivity contribution in [1.82, 2.24) is 15.4 Å². The van der Waals surface area contributed by atoms with Gasteiger partial charge in [-0.15, -0.1) is 0 Å². The van der Waals surface area contributed by atoms with E-state index in [1.165, 1.54) is 6.07 Å². The Morgan fingerprint density at radius 2 is 1.96 bits per heavy atom. The van der Waals surface area contributed by atoms with Crippen LogP contribution in [0.3, 0.4) is 0 Å². The van der Waals surface area contributed by atoms with E-state index < -0.39 is 5.91 Å². The van der Waals surface area contributed by atoms with E-state index in [0.29, 0.717) is 35.5 Å². The molecule has 26 heavy (non-hydrogen) atoms. The summed E-state index contributed by atoms with van der Waals surface area (Å²) in [5.74, 6) is 0.240. The maximum absolute atomic E-state index is 14.0. The molecule has 1 aromatic carbocycles. The van der Waals surface area contributed by atoms with Crippen LogP contribution in [0.25, 0.3) is 5.57 Å². The molecule has 0 saturated heterocycles. The summed E-state index contributed by atoms with van der Waals surface area (Å²) in [6.45, 7) is 1.70. The summed E-state index contributed by atoms with van der Waals surface area (Å²) < 4.78 is 14.0. The molecule has 2 N–H and O–H groups in total. The number of amides is 1. The van der Waals surface area contributed by atoms with Crippen LogP contribution in [-0.2, 0) is 4.79 Å². The van der Waals surface area contributed by atoms with Crippen molar-refractivity contribution in [2.75, 3.05) is 0 Å². The van der Waals surface area contributed by atoms with E-state index >= 15 is 0 Å². The molecule has 1 heterocycles. The Hall–Kier alpha value is -2.60. The monoisotopic (exact) mass is 353 g/mol. The van der Waals surface area contributed by atoms with Gasteiger partial charge in [0.25, 0.3) is 5.91 Å². The van der Waals surface area contributed by atoms with Crippen LogP contribution in [0.15, 0.2) is 36.2 Å². The van der Waals surface area contributed by atoms with Crippen LogP contribution in [0, 0.1) is 12.7 Å². The Kier molecular flexibility index (Phi) is 4.28. The molecule has 6 heteroatoms. The maximum Gasteiger partial charge on any atom is 0.271 e. The molecule has 1 saturated carbocycles. The molecule has 2 aliphatic carbocycles. The minimum Gasteiger partial charge on any atom is -0.288 e. The molecule has 1 atom stereocenters. The van der Waals surface area contributed by atoms with Gasteiger partial charge in [0.1, 0.15) is 11.6 Å². The topological polar surface area (TPSA) is 75.1 Å². The normalized spacial score (nSPS) is 19.7. The van der Waals surface area contributed by atoms with Crippen LogP contribution < -0.4 is 5.48 Å². The third kappa shape index (κ3) is 2.90. The van der Waals surface area contributed by atoms with Gasteiger partial charge >= 0.3 is 0 Å². The number of hydrogen-bond acceptors (Lipinski definition) is 4. The summed E-state index contributed by atoms with van der Waals surface area (Å²) in [6.07, 6.45) is 7.13. The zero-order valence-electron chi connectivity index (χ0n) is 14.5. The summed E-state index contributed by atoms with van der Waals surface area (Å²) in [5, 5.41) is 9.23. The van der Waals surface area contributed by atoms with Gasteiger partial charge < -0.3 is 0 Å². The van der Waals surface area contributed by atoms with Crippen LogP contribution >= 0.6 is 0 Å². The summed E-state index contributed by atoms with van der Waals surface area (Å²) in [4.78, 5) is 21.3. The van der Waals surface area contributed by atoms with Crippen molar-refractivity contribution in [3.63, 3.8) is 0 Å². The van der Waals surface area contributed by atoms with E-state index in [4.69, 9.17) is 0 Å². The smallest absolute Gasteiger partial charge is 0.271 e. The predicted molar refractivity (Wildman–Crippen MR) is 94.0 cm³/mol. The van der Waals surface area contributed by atoms with Crippen LogP contribution in [0.4, 0.5) is 4.39 Å². The molecule has 1 fully saturated rings. The molecule has 0 unspecified atom stereocenters. The van der Waals surface area contributed by atoms with Crippen molar-refractivity contribution in [2.24, 2.45) is 0 Å². The first-order valence-corrected chi connectivity index (χ1v) is 8.85. The quantitative estimate of drug-likeness (QED) is 0.650. The van der Waals surface area contributed by atoms with E-state index in [2.05, 4.69) is 9.97 Å². The number of nitrogens with one attached hydrogen (secondary N) is 1. The molecule has 5 nitrogen and oxygen atoms in total. The van der Waals surface area contributed by atoms with Gasteiger partial charge in [-0.3, -0.25) is 10.0 Å². The first kappa shape index (κ1) is 16.8. The molecule has 0 spiro atoms. The third-order valence-electron chi connectivity index (χ3n) is 5.33. The van der Waals surface area contributed by atoms with Gasteiger partial charge in [0.15, 0.2) is 0 Å². The van der Waals surface area contributed by atoms with E-state index in [1.807, 2.05) is 6.07 Å². The first-order valence-electron chi connectivity index (χ1n) is 8.85. The number of hydrogen-bond donors (Lipinski definition) is 2. The molecule has 0 bridgehead atoms. The van der Waals surface area contributed by atoms with Gasteiger partial charge in [0.2, 0.25) is 0 Å². The molecular formula is C20H20FN3O2. The van der Waals surface area contributed by atoms with Crippen LogP contribution in [0.5, 0.6) is 0 Å². The van der Waals surface area contributed by atoms with Gasteiger partial charge in [-0.05, 0) is 60.9 Å². The van der Waals surface area contributed by atoms with Crippen molar-refractivity contribution < 1.29 is 14.4 Å². The van der Waals surface area contributed by atoms with E-state index in [-0.39, 0.29) is 11.7 Å². The molecule has 2 aliphatic rings. The second-order valence-electron chi connectivity index (χ2n) is 6.99. The first-order chi connectivity index (χ1) is 12.6. The van der Waals surface area contributed by atoms with Gasteiger partial charge in [-0.1, -0.05) is 12.1 Å². The number of carbonyl (C=O) groups excluding carboxylic acids is 1. The number of halogens is 1. The summed E-state index contributed by atoms with van der Waals surface area (Å²) in [7, 11) is 0. The molecule has 0 aliphatic heterocycles. The Morgan fingerprint density at radius 3 is 2.62 bits per heavy atom. The lowest BCUT2D eigenvalue weighted by Gasteiger charge is -2.15. The lowest BCUT2D eigenvalue weighted by Crippen LogP contribution is -2.24. The van der Waals surface area contributed by atoms with Crippen LogP contribution in [0.2, 0.25) is 0 Å². The zero-order valence-corrected chi connectivity index (χ0v) is 14.5. The highest BCUT2D eigenvalue weighted by atomic mass is 19.1. The molecule has 0 radical (unpaired) electrons. The highest BCUT2D eigenvalue weighted by Gasteiger charge is 2.34. The summed E-state index contributed by atoms with van der Waals surface area (Å²) in [5.41, 5.74) is 5.04. The fourth-order valence-corrected chi connectivity index (χ4v) is 3.76. The van der Waals surface area contributed by atoms with Gasteiger partial charge in [-0.25, -0.2) is 19.8 Å². The van der Waals surface area contributed by atoms with E-state index in [9.17, 15) is 14.4 Å². The Bertz CT molecular complexity index is 888. The van der Waals surface area contributed by atoms with E-state index in [1.54, 1.807) is 30.9 Å². The number of allylic oxidation sites excluding steroid dienone is 1. The van der Waals surface area contributed by atoms with Gasteiger partial charge in [-0.2, -0.15) is 0 Å². The average molecular weight is 353 g/mol. The van der Waals surface area contributed by atoms with Crippen molar-refractivity contribution in [2.45, 2.75) is 44.4 Å². The molecule has 1 aromatic heterocycles. The second-order valence-corrected chi connectivity index (χ2v) is 6.99. The minimum absolute atomic E-state index is 0.215. The number of benzene rings is 1. The summed E-state index contributed by atoms with van der Waals surface area (Å²) >= 11 is 0. The van der Waals surface area contributed by atoms with Gasteiger partial charge in [0.05, 0.1) is 0 Å². The molecule has 4 rings (SSSR count). The number of hydroxylamine groups is 1. The van der Waals surface area contributed by atoms with Crippen molar-refractivity contribution >= 4 is 11.5 Å². The molecule has 2 aromatic rings. The predicted octanol–water partition coefficient (Wildman–Crippen LogP) is 3.64. The molecule has 1 amide bonds. The second kappa shape index (κ2) is 6.61. The lowest BCUT2D eigenvalue weighted by molar-refractivity contribution is -0.125. The lowest BCUT2D eigenvalue weighted by atomic mass is 9.91. The number of rotatable bonds is 4. The molecule has 134 valence electrons. The number of aromatic nitrogens is 2. The van der Waals surface area contributed by atoms with E-state index in [0.717, 1.165) is 29.8 Å². The van der Waals surface area contributed by atoms with Crippen molar-refractivity contribution in [3.8, 4) is 0 Å². The van der Waals surface area contributed by atoms with Crippen molar-refractivity contribution in [3.05, 3.63) is 64.5 Å². The number of carbonyl (C=O) groups is 1. The third-order valence-corrected chi connectivity index (χ3v) is 5.33. The highest BCUT2D eigenvalue weighted by Crippen LogP contribution is 2.45. The van der Waals surface area contributed by atoms with Gasteiger partial charge in [0, 0.05) is 29.8 Å². The fourth-order valence-electron chi connectivity index (χ4n) is 3.76. The Labute approximate surface area is 151 Å². The zero-order chi connectivity index (χ0) is 18.3. The average Bonchev–Trinajstić information content (AvgIpc) is 3.42. The highest BCUT2D eigenvalue weighted by molar-refractivity contribution is 6.03. The largest absolute Gasteiger partial charge is 0.288 e. The minimum atomic E-state index is -0.558. The maximum atomic E-state index is 14.0.